The Bertz CT molecular complexity index is 546. The fourth-order valence-corrected chi connectivity index (χ4v) is 4.28. The Morgan fingerprint density at radius 3 is 2.48 bits per heavy atom. The number of rotatable bonds is 6. The highest BCUT2D eigenvalue weighted by atomic mass is 32.2. The van der Waals surface area contributed by atoms with E-state index in [0.29, 0.717) is 13.0 Å². The Balaban J connectivity index is 2.03. The molecule has 5 heteroatoms. The van der Waals surface area contributed by atoms with Crippen LogP contribution in [0.4, 0.5) is 0 Å². The lowest BCUT2D eigenvalue weighted by Gasteiger charge is -2.29. The van der Waals surface area contributed by atoms with Crippen molar-refractivity contribution in [2.45, 2.75) is 44.2 Å². The van der Waals surface area contributed by atoms with Crippen molar-refractivity contribution in [3.05, 3.63) is 35.9 Å². The maximum absolute atomic E-state index is 12.9. The minimum Gasteiger partial charge on any atom is -0.481 e. The fraction of sp³-hybridized carbons (Fsp3) is 0.556. The van der Waals surface area contributed by atoms with E-state index in [2.05, 4.69) is 26.0 Å². The third-order valence-corrected chi connectivity index (χ3v) is 6.08. The number of thioether (sulfide) groups is 1. The van der Waals surface area contributed by atoms with E-state index in [1.54, 1.807) is 16.7 Å². The van der Waals surface area contributed by atoms with Crippen LogP contribution in [0.15, 0.2) is 30.3 Å². The number of aliphatic carboxylic acids is 1. The average Bonchev–Trinajstić information content (AvgIpc) is 2.90. The zero-order valence-electron chi connectivity index (χ0n) is 13.9. The van der Waals surface area contributed by atoms with Crippen molar-refractivity contribution in [3.8, 4) is 0 Å². The highest BCUT2D eigenvalue weighted by molar-refractivity contribution is 7.99. The van der Waals surface area contributed by atoms with Gasteiger partial charge in [0.1, 0.15) is 0 Å². The number of benzene rings is 1. The molecule has 1 aromatic carbocycles. The van der Waals surface area contributed by atoms with E-state index >= 15 is 0 Å². The molecule has 2 rings (SSSR count). The Labute approximate surface area is 142 Å². The topological polar surface area (TPSA) is 57.6 Å². The van der Waals surface area contributed by atoms with Gasteiger partial charge in [-0.2, -0.15) is 0 Å². The van der Waals surface area contributed by atoms with Crippen LogP contribution in [0.5, 0.6) is 0 Å². The molecule has 3 atom stereocenters. The van der Waals surface area contributed by atoms with Gasteiger partial charge in [0, 0.05) is 18.3 Å². The van der Waals surface area contributed by atoms with Crippen molar-refractivity contribution >= 4 is 23.6 Å². The van der Waals surface area contributed by atoms with Crippen molar-refractivity contribution in [2.75, 3.05) is 6.54 Å². The lowest BCUT2D eigenvalue weighted by Crippen LogP contribution is -2.43. The highest BCUT2D eigenvalue weighted by Crippen LogP contribution is 2.31. The van der Waals surface area contributed by atoms with Gasteiger partial charge in [-0.1, -0.05) is 44.2 Å². The predicted molar refractivity (Wildman–Crippen MR) is 93.3 cm³/mol. The van der Waals surface area contributed by atoms with Gasteiger partial charge in [-0.25, -0.2) is 0 Å². The van der Waals surface area contributed by atoms with Crippen LogP contribution in [0.3, 0.4) is 0 Å². The van der Waals surface area contributed by atoms with E-state index in [4.69, 9.17) is 0 Å². The number of nitrogens with zero attached hydrogens (tertiary/aromatic N) is 1. The van der Waals surface area contributed by atoms with E-state index < -0.39 is 11.9 Å². The summed E-state index contributed by atoms with van der Waals surface area (Å²) in [7, 11) is 0. The number of carboxylic acid groups (broad SMARTS) is 1. The molecule has 1 amide bonds. The molecule has 1 N–H and O–H groups in total. The van der Waals surface area contributed by atoms with Crippen LogP contribution in [0.25, 0.3) is 0 Å². The van der Waals surface area contributed by atoms with Crippen LogP contribution in [-0.2, 0) is 15.3 Å². The Kier molecular flexibility index (Phi) is 6.10. The molecule has 1 aromatic rings. The summed E-state index contributed by atoms with van der Waals surface area (Å²) in [5.74, 6) is -0.152. The van der Waals surface area contributed by atoms with Crippen LogP contribution in [0, 0.1) is 11.8 Å². The monoisotopic (exact) mass is 335 g/mol. The fourth-order valence-electron chi connectivity index (χ4n) is 3.05. The largest absolute Gasteiger partial charge is 0.481 e. The quantitative estimate of drug-likeness (QED) is 0.867. The first-order valence-electron chi connectivity index (χ1n) is 8.10. The van der Waals surface area contributed by atoms with Crippen molar-refractivity contribution in [1.82, 2.24) is 4.90 Å². The zero-order chi connectivity index (χ0) is 17.0. The molecule has 0 aromatic heterocycles. The number of hydrogen-bond acceptors (Lipinski definition) is 3. The van der Waals surface area contributed by atoms with Crippen LogP contribution in [0.2, 0.25) is 0 Å². The number of amides is 1. The van der Waals surface area contributed by atoms with Gasteiger partial charge in [-0.15, -0.1) is 11.8 Å². The number of carboxylic acids is 1. The van der Waals surface area contributed by atoms with Crippen LogP contribution in [-0.4, -0.2) is 39.7 Å². The predicted octanol–water partition coefficient (Wildman–Crippen LogP) is 3.27. The van der Waals surface area contributed by atoms with Gasteiger partial charge in [-0.3, -0.25) is 9.59 Å². The summed E-state index contributed by atoms with van der Waals surface area (Å²) in [5.41, 5.74) is 1.20. The lowest BCUT2D eigenvalue weighted by molar-refractivity contribution is -0.143. The van der Waals surface area contributed by atoms with E-state index in [-0.39, 0.29) is 23.1 Å². The van der Waals surface area contributed by atoms with Crippen molar-refractivity contribution in [3.63, 3.8) is 0 Å². The Morgan fingerprint density at radius 1 is 1.30 bits per heavy atom. The molecule has 4 nitrogen and oxygen atoms in total. The minimum absolute atomic E-state index is 0.0807. The molecule has 1 fully saturated rings. The minimum atomic E-state index is -0.800. The summed E-state index contributed by atoms with van der Waals surface area (Å²) in [6.07, 6.45) is 0.552. The summed E-state index contributed by atoms with van der Waals surface area (Å²) in [6, 6.07) is 9.89. The number of carbonyl (C=O) groups is 2. The molecule has 126 valence electrons. The normalized spacial score (nSPS) is 22.3. The molecule has 23 heavy (non-hydrogen) atoms. The van der Waals surface area contributed by atoms with Crippen molar-refractivity contribution in [2.24, 2.45) is 11.8 Å². The van der Waals surface area contributed by atoms with Gasteiger partial charge < -0.3 is 10.0 Å². The second-order valence-corrected chi connectivity index (χ2v) is 7.60. The summed E-state index contributed by atoms with van der Waals surface area (Å²) in [6.45, 7) is 6.50. The van der Waals surface area contributed by atoms with E-state index in [0.717, 1.165) is 5.75 Å². The van der Waals surface area contributed by atoms with Gasteiger partial charge in [0.05, 0.1) is 11.2 Å². The number of likely N-dealkylation sites (tertiary alicyclic amines) is 1. The van der Waals surface area contributed by atoms with Gasteiger partial charge in [0.15, 0.2) is 0 Å². The first-order chi connectivity index (χ1) is 10.9. The molecule has 0 bridgehead atoms. The summed E-state index contributed by atoms with van der Waals surface area (Å²) < 4.78 is 0. The number of carbonyl (C=O) groups excluding carboxylic acids is 1. The standard InChI is InChI=1S/C18H25NO3S/c1-12(2)16(23-11-14-7-5-4-6-8-14)17(20)19-10-9-15(13(19)3)18(21)22/h4-8,12-13,15-16H,9-11H2,1-3H3,(H,21,22). The molecule has 1 aliphatic heterocycles. The molecule has 3 unspecified atom stereocenters. The van der Waals surface area contributed by atoms with Crippen LogP contribution < -0.4 is 0 Å². The second kappa shape index (κ2) is 7.86. The molecule has 1 aliphatic rings. The molecule has 1 heterocycles. The SMILES string of the molecule is CC(C)C(SCc1ccccc1)C(=O)N1CCC(C(=O)O)C1C. The van der Waals surface area contributed by atoms with Gasteiger partial charge in [0.2, 0.25) is 5.91 Å². The van der Waals surface area contributed by atoms with E-state index in [1.807, 2.05) is 25.1 Å². The molecule has 0 spiro atoms. The van der Waals surface area contributed by atoms with E-state index in [1.165, 1.54) is 5.56 Å². The smallest absolute Gasteiger partial charge is 0.308 e. The second-order valence-electron chi connectivity index (χ2n) is 6.47. The van der Waals surface area contributed by atoms with Gasteiger partial charge >= 0.3 is 5.97 Å². The zero-order valence-corrected chi connectivity index (χ0v) is 14.8. The van der Waals surface area contributed by atoms with Crippen LogP contribution in [0.1, 0.15) is 32.8 Å². The van der Waals surface area contributed by atoms with E-state index in [9.17, 15) is 14.7 Å². The molecule has 0 saturated carbocycles. The molecule has 0 aliphatic carbocycles. The highest BCUT2D eigenvalue weighted by Gasteiger charge is 2.40. The van der Waals surface area contributed by atoms with Crippen molar-refractivity contribution < 1.29 is 14.7 Å². The summed E-state index contributed by atoms with van der Waals surface area (Å²) in [4.78, 5) is 25.9. The number of hydrogen-bond donors (Lipinski definition) is 1. The third-order valence-electron chi connectivity index (χ3n) is 4.48. The first kappa shape index (κ1) is 17.9. The van der Waals surface area contributed by atoms with Crippen molar-refractivity contribution in [1.29, 1.82) is 0 Å². The lowest BCUT2D eigenvalue weighted by atomic mass is 10.0. The summed E-state index contributed by atoms with van der Waals surface area (Å²) >= 11 is 1.65. The molecule has 1 saturated heterocycles. The Hall–Kier alpha value is -1.49. The maximum Gasteiger partial charge on any atom is 0.308 e. The third kappa shape index (κ3) is 4.28. The van der Waals surface area contributed by atoms with Gasteiger partial charge in [0.25, 0.3) is 0 Å². The van der Waals surface area contributed by atoms with Crippen LogP contribution >= 0.6 is 11.8 Å². The summed E-state index contributed by atoms with van der Waals surface area (Å²) in [5, 5.41) is 9.11. The molecule has 0 radical (unpaired) electrons. The Morgan fingerprint density at radius 2 is 1.96 bits per heavy atom. The maximum atomic E-state index is 12.9. The molecular formula is C18H25NO3S. The average molecular weight is 335 g/mol. The van der Waals surface area contributed by atoms with Gasteiger partial charge in [-0.05, 0) is 24.8 Å². The first-order valence-corrected chi connectivity index (χ1v) is 9.15. The molecular weight excluding hydrogens is 310 g/mol.